The van der Waals surface area contributed by atoms with Crippen LogP contribution >= 0.6 is 12.4 Å². The van der Waals surface area contributed by atoms with Gasteiger partial charge >= 0.3 is 0 Å². The van der Waals surface area contributed by atoms with E-state index in [0.717, 1.165) is 56.6 Å². The molecule has 0 aliphatic carbocycles. The third-order valence-corrected chi connectivity index (χ3v) is 5.62. The zero-order chi connectivity index (χ0) is 17.9. The number of hydrogen-bond donors (Lipinski definition) is 2. The molecule has 1 atom stereocenters. The maximum absolute atomic E-state index is 12.6. The van der Waals surface area contributed by atoms with Crippen molar-refractivity contribution in [1.82, 2.24) is 20.1 Å². The molecule has 0 radical (unpaired) electrons. The first-order valence-corrected chi connectivity index (χ1v) is 9.54. The second-order valence-corrected chi connectivity index (χ2v) is 7.28. The highest BCUT2D eigenvalue weighted by atomic mass is 35.5. The lowest BCUT2D eigenvalue weighted by atomic mass is 10.1. The van der Waals surface area contributed by atoms with Crippen molar-refractivity contribution in [3.63, 3.8) is 0 Å². The molecule has 0 spiro atoms. The lowest BCUT2D eigenvalue weighted by Gasteiger charge is -2.32. The highest BCUT2D eigenvalue weighted by Crippen LogP contribution is 2.18. The molecule has 1 amide bonds. The number of pyridine rings is 1. The molecule has 3 heterocycles. The molecular formula is C20H27ClN4O2. The van der Waals surface area contributed by atoms with E-state index in [1.54, 1.807) is 0 Å². The molecule has 1 aromatic carbocycles. The van der Waals surface area contributed by atoms with Crippen LogP contribution in [0.5, 0.6) is 0 Å². The molecule has 2 aromatic rings. The van der Waals surface area contributed by atoms with E-state index >= 15 is 0 Å². The third-order valence-electron chi connectivity index (χ3n) is 5.62. The smallest absolute Gasteiger partial charge is 0.251 e. The zero-order valence-electron chi connectivity index (χ0n) is 15.4. The number of fused-ring (bicyclic) bond motifs is 1. The summed E-state index contributed by atoms with van der Waals surface area (Å²) in [5, 5.41) is 4.38. The van der Waals surface area contributed by atoms with Gasteiger partial charge in [-0.2, -0.15) is 0 Å². The van der Waals surface area contributed by atoms with Gasteiger partial charge in [-0.1, -0.05) is 18.2 Å². The first kappa shape index (κ1) is 19.9. The number of H-pyrrole nitrogens is 1. The second kappa shape index (κ2) is 8.87. The van der Waals surface area contributed by atoms with E-state index in [0.29, 0.717) is 24.4 Å². The maximum Gasteiger partial charge on any atom is 0.251 e. The van der Waals surface area contributed by atoms with Crippen LogP contribution in [0.2, 0.25) is 0 Å². The fourth-order valence-electron chi connectivity index (χ4n) is 4.09. The second-order valence-electron chi connectivity index (χ2n) is 7.28. The van der Waals surface area contributed by atoms with E-state index in [9.17, 15) is 9.59 Å². The average molecular weight is 391 g/mol. The summed E-state index contributed by atoms with van der Waals surface area (Å²) < 4.78 is 0. The van der Waals surface area contributed by atoms with Crippen molar-refractivity contribution in [2.75, 3.05) is 39.3 Å². The van der Waals surface area contributed by atoms with Gasteiger partial charge < -0.3 is 15.2 Å². The molecule has 146 valence electrons. The molecule has 7 heteroatoms. The number of halogens is 1. The molecule has 2 aliphatic rings. The van der Waals surface area contributed by atoms with Gasteiger partial charge in [0.1, 0.15) is 0 Å². The van der Waals surface area contributed by atoms with Gasteiger partial charge in [-0.3, -0.25) is 14.5 Å². The summed E-state index contributed by atoms with van der Waals surface area (Å²) in [6.45, 7) is 5.87. The van der Waals surface area contributed by atoms with Gasteiger partial charge in [0, 0.05) is 62.8 Å². The topological polar surface area (TPSA) is 68.4 Å². The van der Waals surface area contributed by atoms with Gasteiger partial charge in [0.25, 0.3) is 5.56 Å². The molecule has 2 N–H and O–H groups in total. The number of likely N-dealkylation sites (tertiary alicyclic amines) is 1. The number of para-hydroxylation sites is 1. The number of hydrogen-bond acceptors (Lipinski definition) is 4. The molecule has 0 saturated carbocycles. The predicted octanol–water partition coefficient (Wildman–Crippen LogP) is 1.39. The van der Waals surface area contributed by atoms with Gasteiger partial charge in [-0.15, -0.1) is 12.4 Å². The predicted molar refractivity (Wildman–Crippen MR) is 110 cm³/mol. The molecule has 2 saturated heterocycles. The molecular weight excluding hydrogens is 364 g/mol. The molecule has 4 rings (SSSR count). The first-order chi connectivity index (χ1) is 12.7. The molecule has 0 bridgehead atoms. The van der Waals surface area contributed by atoms with Crippen molar-refractivity contribution < 1.29 is 4.79 Å². The molecule has 6 nitrogen and oxygen atoms in total. The first-order valence-electron chi connectivity index (χ1n) is 9.54. The van der Waals surface area contributed by atoms with E-state index < -0.39 is 0 Å². The highest BCUT2D eigenvalue weighted by molar-refractivity contribution is 5.85. The number of benzene rings is 1. The van der Waals surface area contributed by atoms with Gasteiger partial charge in [0.15, 0.2) is 0 Å². The minimum absolute atomic E-state index is 0. The Morgan fingerprint density at radius 1 is 1.15 bits per heavy atom. The van der Waals surface area contributed by atoms with Crippen molar-refractivity contribution in [3.05, 3.63) is 46.2 Å². The normalized spacial score (nSPS) is 20.6. The Hall–Kier alpha value is -1.89. The number of nitrogens with zero attached hydrogens (tertiary/aromatic N) is 2. The number of carbonyl (C=O) groups is 1. The minimum atomic E-state index is -0.0865. The van der Waals surface area contributed by atoms with E-state index in [1.807, 2.05) is 35.2 Å². The fraction of sp³-hybridized carbons (Fsp3) is 0.500. The van der Waals surface area contributed by atoms with E-state index in [2.05, 4.69) is 15.2 Å². The molecule has 27 heavy (non-hydrogen) atoms. The Morgan fingerprint density at radius 3 is 2.74 bits per heavy atom. The summed E-state index contributed by atoms with van der Waals surface area (Å²) in [5.74, 6) is 0.162. The van der Waals surface area contributed by atoms with Crippen molar-refractivity contribution in [2.24, 2.45) is 0 Å². The number of rotatable bonds is 4. The number of aromatic nitrogens is 1. The Labute approximate surface area is 165 Å². The number of piperazine rings is 1. The molecule has 2 aliphatic heterocycles. The Bertz CT molecular complexity index is 847. The van der Waals surface area contributed by atoms with Crippen LogP contribution in [0.4, 0.5) is 0 Å². The van der Waals surface area contributed by atoms with Gasteiger partial charge in [0.2, 0.25) is 5.91 Å². The van der Waals surface area contributed by atoms with Crippen LogP contribution in [-0.2, 0) is 11.2 Å². The van der Waals surface area contributed by atoms with Crippen LogP contribution in [0.25, 0.3) is 10.9 Å². The van der Waals surface area contributed by atoms with Gasteiger partial charge in [0.05, 0.1) is 0 Å². The monoisotopic (exact) mass is 390 g/mol. The van der Waals surface area contributed by atoms with E-state index in [1.165, 1.54) is 0 Å². The van der Waals surface area contributed by atoms with Gasteiger partial charge in [-0.25, -0.2) is 0 Å². The van der Waals surface area contributed by atoms with Crippen molar-refractivity contribution in [3.8, 4) is 0 Å². The quantitative estimate of drug-likeness (QED) is 0.827. The van der Waals surface area contributed by atoms with Crippen LogP contribution in [0.3, 0.4) is 0 Å². The average Bonchev–Trinajstić information content (AvgIpc) is 3.17. The maximum atomic E-state index is 12.6. The molecule has 2 fully saturated rings. The van der Waals surface area contributed by atoms with Crippen molar-refractivity contribution >= 4 is 29.2 Å². The largest absolute Gasteiger partial charge is 0.341 e. The highest BCUT2D eigenvalue weighted by Gasteiger charge is 2.30. The fourth-order valence-corrected chi connectivity index (χ4v) is 4.09. The summed E-state index contributed by atoms with van der Waals surface area (Å²) in [5.41, 5.74) is 1.44. The lowest BCUT2D eigenvalue weighted by molar-refractivity contribution is -0.130. The molecule has 1 aromatic heterocycles. The van der Waals surface area contributed by atoms with Gasteiger partial charge in [-0.05, 0) is 30.4 Å². The van der Waals surface area contributed by atoms with Crippen LogP contribution in [0.1, 0.15) is 18.4 Å². The number of amides is 1. The summed E-state index contributed by atoms with van der Waals surface area (Å²) in [4.78, 5) is 32.2. The summed E-state index contributed by atoms with van der Waals surface area (Å²) in [6.07, 6.45) is 1.95. The third kappa shape index (κ3) is 4.51. The van der Waals surface area contributed by atoms with Crippen LogP contribution in [0, 0.1) is 0 Å². The standard InChI is InChI=1S/C20H26N4O2.ClH/c25-19(24-10-7-17(14-24)23-11-8-21-9-12-23)6-5-16-13-15-3-1-2-4-18(15)22-20(16)26;/h1-4,13,17,21H,5-12,14H2,(H,22,26);1H. The molecule has 1 unspecified atom stereocenters. The van der Waals surface area contributed by atoms with Crippen molar-refractivity contribution in [2.45, 2.75) is 25.3 Å². The summed E-state index contributed by atoms with van der Waals surface area (Å²) in [7, 11) is 0. The number of aryl methyl sites for hydroxylation is 1. The lowest BCUT2D eigenvalue weighted by Crippen LogP contribution is -2.49. The van der Waals surface area contributed by atoms with Crippen LogP contribution < -0.4 is 10.9 Å². The Kier molecular flexibility index (Phi) is 6.52. The number of aromatic amines is 1. The minimum Gasteiger partial charge on any atom is -0.341 e. The summed E-state index contributed by atoms with van der Waals surface area (Å²) >= 11 is 0. The number of nitrogens with one attached hydrogen (secondary N) is 2. The zero-order valence-corrected chi connectivity index (χ0v) is 16.3. The van der Waals surface area contributed by atoms with Crippen LogP contribution in [0.15, 0.2) is 35.1 Å². The van der Waals surface area contributed by atoms with Crippen LogP contribution in [-0.4, -0.2) is 66.0 Å². The van der Waals surface area contributed by atoms with Crippen molar-refractivity contribution in [1.29, 1.82) is 0 Å². The SMILES string of the molecule is Cl.O=C(CCc1cc2ccccc2[nH]c1=O)N1CCC(N2CCNCC2)C1. The number of carbonyl (C=O) groups excluding carboxylic acids is 1. The summed E-state index contributed by atoms with van der Waals surface area (Å²) in [6, 6.07) is 10.1. The Balaban J connectivity index is 0.00000210. The van der Waals surface area contributed by atoms with E-state index in [4.69, 9.17) is 0 Å². The Morgan fingerprint density at radius 2 is 1.93 bits per heavy atom. The van der Waals surface area contributed by atoms with E-state index in [-0.39, 0.29) is 23.9 Å².